The van der Waals surface area contributed by atoms with Gasteiger partial charge in [0.15, 0.2) is 11.6 Å². The highest BCUT2D eigenvalue weighted by atomic mass is 35.5. The number of carbonyl (C=O) groups is 2. The van der Waals surface area contributed by atoms with Gasteiger partial charge in [-0.25, -0.2) is 0 Å². The Hall–Kier alpha value is -1.64. The van der Waals surface area contributed by atoms with Crippen molar-refractivity contribution in [1.82, 2.24) is 0 Å². The minimum atomic E-state index is 0.143. The van der Waals surface area contributed by atoms with Gasteiger partial charge in [0, 0.05) is 34.0 Å². The van der Waals surface area contributed by atoms with Crippen LogP contribution in [-0.2, 0) is 0 Å². The zero-order valence-corrected chi connectivity index (χ0v) is 14.9. The van der Waals surface area contributed by atoms with Crippen LogP contribution < -0.4 is 0 Å². The highest BCUT2D eigenvalue weighted by molar-refractivity contribution is 6.31. The summed E-state index contributed by atoms with van der Waals surface area (Å²) in [5.41, 5.74) is 1.41. The number of ketones is 2. The zero-order valence-electron chi connectivity index (χ0n) is 13.4. The molecular weight excluding hydrogens is 343 g/mol. The zero-order chi connectivity index (χ0) is 17.4. The Bertz CT molecular complexity index is 614. The lowest BCUT2D eigenvalue weighted by Gasteiger charge is -2.03. The number of rotatable bonds is 9. The van der Waals surface area contributed by atoms with Gasteiger partial charge in [-0.3, -0.25) is 9.59 Å². The summed E-state index contributed by atoms with van der Waals surface area (Å²) in [5, 5.41) is 1.27. The number of hydrogen-bond acceptors (Lipinski definition) is 2. The molecule has 0 N–H and O–H groups in total. The van der Waals surface area contributed by atoms with Gasteiger partial charge in [-0.2, -0.15) is 0 Å². The van der Waals surface area contributed by atoms with Crippen LogP contribution in [0.4, 0.5) is 0 Å². The van der Waals surface area contributed by atoms with Crippen molar-refractivity contribution >= 4 is 34.8 Å². The molecule has 2 aromatic rings. The summed E-state index contributed by atoms with van der Waals surface area (Å²) in [7, 11) is 0. The standard InChI is InChI=1S/C20H20Cl2O2/c21-17-11-7-15(8-12-17)19(23)5-3-1-2-4-6-20(24)16-9-13-18(22)14-10-16/h7-14H,1-6H2. The average Bonchev–Trinajstić information content (AvgIpc) is 2.58. The summed E-state index contributed by atoms with van der Waals surface area (Å²) < 4.78 is 0. The first kappa shape index (κ1) is 18.7. The van der Waals surface area contributed by atoms with Gasteiger partial charge in [-0.05, 0) is 61.4 Å². The van der Waals surface area contributed by atoms with Gasteiger partial charge in [-0.1, -0.05) is 36.0 Å². The fourth-order valence-electron chi connectivity index (χ4n) is 2.48. The van der Waals surface area contributed by atoms with E-state index in [1.54, 1.807) is 48.5 Å². The molecule has 0 saturated carbocycles. The topological polar surface area (TPSA) is 34.1 Å². The molecule has 0 heterocycles. The number of benzene rings is 2. The average molecular weight is 363 g/mol. The minimum absolute atomic E-state index is 0.143. The molecule has 126 valence electrons. The van der Waals surface area contributed by atoms with Crippen LogP contribution >= 0.6 is 23.2 Å². The Balaban J connectivity index is 1.61. The van der Waals surface area contributed by atoms with Gasteiger partial charge < -0.3 is 0 Å². The van der Waals surface area contributed by atoms with Gasteiger partial charge >= 0.3 is 0 Å². The third-order valence-corrected chi connectivity index (χ3v) is 4.39. The van der Waals surface area contributed by atoms with Crippen molar-refractivity contribution in [3.63, 3.8) is 0 Å². The second kappa shape index (κ2) is 9.61. The maximum atomic E-state index is 12.0. The van der Waals surface area contributed by atoms with Gasteiger partial charge in [-0.15, -0.1) is 0 Å². The van der Waals surface area contributed by atoms with Crippen molar-refractivity contribution in [1.29, 1.82) is 0 Å². The van der Waals surface area contributed by atoms with Crippen molar-refractivity contribution in [2.75, 3.05) is 0 Å². The Morgan fingerprint density at radius 1 is 0.583 bits per heavy atom. The lowest BCUT2D eigenvalue weighted by atomic mass is 10.0. The van der Waals surface area contributed by atoms with E-state index >= 15 is 0 Å². The molecule has 0 aliphatic carbocycles. The Morgan fingerprint density at radius 2 is 0.917 bits per heavy atom. The quantitative estimate of drug-likeness (QED) is 0.382. The van der Waals surface area contributed by atoms with Crippen LogP contribution in [0, 0.1) is 0 Å². The fourth-order valence-corrected chi connectivity index (χ4v) is 2.74. The Kier molecular flexibility index (Phi) is 7.48. The molecule has 2 nitrogen and oxygen atoms in total. The number of carbonyl (C=O) groups excluding carboxylic acids is 2. The monoisotopic (exact) mass is 362 g/mol. The first-order valence-electron chi connectivity index (χ1n) is 8.14. The SMILES string of the molecule is O=C(CCCCCCC(=O)c1ccc(Cl)cc1)c1ccc(Cl)cc1. The van der Waals surface area contributed by atoms with E-state index in [-0.39, 0.29) is 11.6 Å². The number of hydrogen-bond donors (Lipinski definition) is 0. The molecule has 4 heteroatoms. The minimum Gasteiger partial charge on any atom is -0.294 e. The summed E-state index contributed by atoms with van der Waals surface area (Å²) in [6.45, 7) is 0. The maximum Gasteiger partial charge on any atom is 0.162 e. The summed E-state index contributed by atoms with van der Waals surface area (Å²) in [5.74, 6) is 0.285. The van der Waals surface area contributed by atoms with Gasteiger partial charge in [0.05, 0.1) is 0 Å². The highest BCUT2D eigenvalue weighted by Gasteiger charge is 2.07. The Morgan fingerprint density at radius 3 is 1.25 bits per heavy atom. The summed E-state index contributed by atoms with van der Waals surface area (Å²) in [6.07, 6.45) is 4.66. The van der Waals surface area contributed by atoms with E-state index in [1.807, 2.05) is 0 Å². The molecule has 0 bridgehead atoms. The maximum absolute atomic E-state index is 12.0. The van der Waals surface area contributed by atoms with Crippen molar-refractivity contribution in [3.8, 4) is 0 Å². The largest absolute Gasteiger partial charge is 0.294 e. The van der Waals surface area contributed by atoms with E-state index < -0.39 is 0 Å². The van der Waals surface area contributed by atoms with Crippen LogP contribution in [0.1, 0.15) is 59.2 Å². The molecule has 2 rings (SSSR count). The van der Waals surface area contributed by atoms with Crippen molar-refractivity contribution < 1.29 is 9.59 Å². The van der Waals surface area contributed by atoms with Crippen molar-refractivity contribution in [2.24, 2.45) is 0 Å². The molecule has 24 heavy (non-hydrogen) atoms. The predicted molar refractivity (Wildman–Crippen MR) is 99.3 cm³/mol. The lowest BCUT2D eigenvalue weighted by molar-refractivity contribution is 0.0966. The predicted octanol–water partition coefficient (Wildman–Crippen LogP) is 6.40. The normalized spacial score (nSPS) is 10.6. The molecule has 0 radical (unpaired) electrons. The number of Topliss-reactive ketones (excluding diaryl/α,β-unsaturated/α-hetero) is 2. The molecular formula is C20H20Cl2O2. The molecule has 0 aliphatic heterocycles. The van der Waals surface area contributed by atoms with Crippen molar-refractivity contribution in [3.05, 3.63) is 69.7 Å². The van der Waals surface area contributed by atoms with E-state index in [4.69, 9.17) is 23.2 Å². The van der Waals surface area contributed by atoms with Gasteiger partial charge in [0.1, 0.15) is 0 Å². The van der Waals surface area contributed by atoms with E-state index in [0.717, 1.165) is 25.7 Å². The molecule has 0 amide bonds. The second-order valence-electron chi connectivity index (χ2n) is 5.77. The second-order valence-corrected chi connectivity index (χ2v) is 6.65. The number of unbranched alkanes of at least 4 members (excludes halogenated alkanes) is 3. The third-order valence-electron chi connectivity index (χ3n) is 3.89. The highest BCUT2D eigenvalue weighted by Crippen LogP contribution is 2.15. The Labute approximate surface area is 152 Å². The van der Waals surface area contributed by atoms with Gasteiger partial charge in [0.25, 0.3) is 0 Å². The van der Waals surface area contributed by atoms with Gasteiger partial charge in [0.2, 0.25) is 0 Å². The molecule has 2 aromatic carbocycles. The number of halogens is 2. The molecule has 0 aliphatic rings. The summed E-state index contributed by atoms with van der Waals surface area (Å²) >= 11 is 11.6. The van der Waals surface area contributed by atoms with Crippen LogP contribution in [0.5, 0.6) is 0 Å². The summed E-state index contributed by atoms with van der Waals surface area (Å²) in [6, 6.07) is 14.0. The van der Waals surface area contributed by atoms with Crippen LogP contribution in [0.25, 0.3) is 0 Å². The van der Waals surface area contributed by atoms with Crippen LogP contribution in [0.2, 0.25) is 10.0 Å². The molecule has 0 unspecified atom stereocenters. The van der Waals surface area contributed by atoms with Crippen LogP contribution in [0.15, 0.2) is 48.5 Å². The van der Waals surface area contributed by atoms with E-state index in [9.17, 15) is 9.59 Å². The first-order chi connectivity index (χ1) is 11.6. The third kappa shape index (κ3) is 6.10. The molecule has 0 spiro atoms. The smallest absolute Gasteiger partial charge is 0.162 e. The molecule has 0 saturated heterocycles. The molecule has 0 fully saturated rings. The van der Waals surface area contributed by atoms with E-state index in [2.05, 4.69) is 0 Å². The van der Waals surface area contributed by atoms with Crippen LogP contribution in [-0.4, -0.2) is 11.6 Å². The lowest BCUT2D eigenvalue weighted by Crippen LogP contribution is -2.00. The first-order valence-corrected chi connectivity index (χ1v) is 8.89. The molecule has 0 aromatic heterocycles. The van der Waals surface area contributed by atoms with E-state index in [0.29, 0.717) is 34.0 Å². The molecule has 0 atom stereocenters. The van der Waals surface area contributed by atoms with Crippen molar-refractivity contribution in [2.45, 2.75) is 38.5 Å². The van der Waals surface area contributed by atoms with E-state index in [1.165, 1.54) is 0 Å². The fraction of sp³-hybridized carbons (Fsp3) is 0.300. The summed E-state index contributed by atoms with van der Waals surface area (Å²) in [4.78, 5) is 24.0. The van der Waals surface area contributed by atoms with Crippen LogP contribution in [0.3, 0.4) is 0 Å².